The van der Waals surface area contributed by atoms with Gasteiger partial charge >= 0.3 is 6.16 Å². The molecule has 96 valence electrons. The van der Waals surface area contributed by atoms with Crippen molar-refractivity contribution in [2.24, 2.45) is 0 Å². The van der Waals surface area contributed by atoms with Gasteiger partial charge in [-0.2, -0.15) is 0 Å². The van der Waals surface area contributed by atoms with Crippen LogP contribution in [0.2, 0.25) is 0 Å². The molecule has 1 aromatic rings. The van der Waals surface area contributed by atoms with Crippen LogP contribution in [0.3, 0.4) is 0 Å². The first-order valence-electron chi connectivity index (χ1n) is 5.75. The number of hydrogen-bond donors (Lipinski definition) is 0. The van der Waals surface area contributed by atoms with Gasteiger partial charge in [0.2, 0.25) is 0 Å². The van der Waals surface area contributed by atoms with Crippen LogP contribution in [0.15, 0.2) is 24.3 Å². The first-order chi connectivity index (χ1) is 8.35. The maximum atomic E-state index is 13.0. The molecule has 4 heteroatoms. The van der Waals surface area contributed by atoms with Gasteiger partial charge in [-0.1, -0.05) is 0 Å². The summed E-state index contributed by atoms with van der Waals surface area (Å²) in [5.41, 5.74) is 0.956. The topological polar surface area (TPSA) is 35.5 Å². The predicted octanol–water partition coefficient (Wildman–Crippen LogP) is 3.67. The highest BCUT2D eigenvalue weighted by Gasteiger charge is 2.22. The normalized spacial score (nSPS) is 13.9. The zero-order valence-corrected chi connectivity index (χ0v) is 10.6. The van der Waals surface area contributed by atoms with Crippen molar-refractivity contribution in [3.05, 3.63) is 41.2 Å². The largest absolute Gasteiger partial charge is 0.514 e. The molecule has 3 nitrogen and oxygen atoms in total. The maximum absolute atomic E-state index is 13.0. The number of ether oxygens (including phenoxy) is 2. The number of rotatable bonds is 1. The SMILES string of the molecule is CC(C)(C)OC(=O)OC1=CCc2cc(F)ccc21. The van der Waals surface area contributed by atoms with Crippen molar-refractivity contribution in [3.63, 3.8) is 0 Å². The Morgan fingerprint density at radius 1 is 1.33 bits per heavy atom. The molecule has 1 aliphatic carbocycles. The highest BCUT2D eigenvalue weighted by Crippen LogP contribution is 2.29. The third-order valence-electron chi connectivity index (χ3n) is 2.42. The summed E-state index contributed by atoms with van der Waals surface area (Å²) in [5, 5.41) is 0. The Kier molecular flexibility index (Phi) is 3.11. The molecule has 0 spiro atoms. The van der Waals surface area contributed by atoms with Crippen LogP contribution < -0.4 is 0 Å². The highest BCUT2D eigenvalue weighted by molar-refractivity contribution is 5.77. The lowest BCUT2D eigenvalue weighted by atomic mass is 10.1. The molecule has 2 rings (SSSR count). The van der Waals surface area contributed by atoms with Crippen LogP contribution in [-0.4, -0.2) is 11.8 Å². The maximum Gasteiger partial charge on any atom is 0.514 e. The van der Waals surface area contributed by atoms with Crippen molar-refractivity contribution in [2.75, 3.05) is 0 Å². The lowest BCUT2D eigenvalue weighted by molar-refractivity contribution is 0.0148. The number of allylic oxidation sites excluding steroid dienone is 1. The summed E-state index contributed by atoms with van der Waals surface area (Å²) in [6.07, 6.45) is 1.56. The van der Waals surface area contributed by atoms with Gasteiger partial charge in [0.05, 0.1) is 0 Å². The molecule has 0 fully saturated rings. The quantitative estimate of drug-likeness (QED) is 0.713. The Hall–Kier alpha value is -1.84. The van der Waals surface area contributed by atoms with Crippen LogP contribution in [-0.2, 0) is 15.9 Å². The summed E-state index contributed by atoms with van der Waals surface area (Å²) in [6.45, 7) is 5.29. The van der Waals surface area contributed by atoms with Gasteiger partial charge < -0.3 is 9.47 Å². The summed E-state index contributed by atoms with van der Waals surface area (Å²) >= 11 is 0. The van der Waals surface area contributed by atoms with Gasteiger partial charge in [-0.3, -0.25) is 0 Å². The molecular formula is C14H15FO3. The van der Waals surface area contributed by atoms with Gasteiger partial charge in [-0.25, -0.2) is 9.18 Å². The molecule has 0 bridgehead atoms. The third-order valence-corrected chi connectivity index (χ3v) is 2.42. The van der Waals surface area contributed by atoms with E-state index < -0.39 is 11.8 Å². The molecule has 0 saturated carbocycles. The summed E-state index contributed by atoms with van der Waals surface area (Å²) in [6, 6.07) is 4.39. The molecule has 0 heterocycles. The Morgan fingerprint density at radius 3 is 2.72 bits per heavy atom. The third kappa shape index (κ3) is 2.88. The van der Waals surface area contributed by atoms with Crippen LogP contribution in [0.5, 0.6) is 0 Å². The van der Waals surface area contributed by atoms with Crippen molar-refractivity contribution < 1.29 is 18.7 Å². The minimum absolute atomic E-state index is 0.291. The van der Waals surface area contributed by atoms with E-state index in [-0.39, 0.29) is 5.82 Å². The van der Waals surface area contributed by atoms with Gasteiger partial charge in [0, 0.05) is 5.56 Å². The summed E-state index contributed by atoms with van der Waals surface area (Å²) < 4.78 is 23.2. The summed E-state index contributed by atoms with van der Waals surface area (Å²) in [4.78, 5) is 11.5. The fourth-order valence-electron chi connectivity index (χ4n) is 1.74. The Bertz CT molecular complexity index is 512. The van der Waals surface area contributed by atoms with Crippen LogP contribution in [0, 0.1) is 5.82 Å². The molecule has 18 heavy (non-hydrogen) atoms. The Balaban J connectivity index is 2.08. The number of carbonyl (C=O) groups excluding carboxylic acids is 1. The zero-order valence-electron chi connectivity index (χ0n) is 10.6. The Morgan fingerprint density at radius 2 is 2.06 bits per heavy atom. The molecule has 0 atom stereocenters. The molecule has 1 aromatic carbocycles. The minimum atomic E-state index is -0.745. The van der Waals surface area contributed by atoms with E-state index in [2.05, 4.69) is 0 Å². The Labute approximate surface area is 105 Å². The average Bonchev–Trinajstić information content (AvgIpc) is 2.57. The number of benzene rings is 1. The predicted molar refractivity (Wildman–Crippen MR) is 65.4 cm³/mol. The smallest absolute Gasteiger partial charge is 0.428 e. The van der Waals surface area contributed by atoms with Crippen molar-refractivity contribution in [2.45, 2.75) is 32.8 Å². The molecule has 0 saturated heterocycles. The van der Waals surface area contributed by atoms with E-state index in [1.807, 2.05) is 0 Å². The van der Waals surface area contributed by atoms with E-state index in [4.69, 9.17) is 9.47 Å². The van der Waals surface area contributed by atoms with Crippen molar-refractivity contribution in [1.82, 2.24) is 0 Å². The van der Waals surface area contributed by atoms with E-state index in [0.717, 1.165) is 11.1 Å². The number of hydrogen-bond acceptors (Lipinski definition) is 3. The first-order valence-corrected chi connectivity index (χ1v) is 5.75. The van der Waals surface area contributed by atoms with E-state index in [9.17, 15) is 9.18 Å². The van der Waals surface area contributed by atoms with E-state index in [1.165, 1.54) is 12.1 Å². The standard InChI is InChI=1S/C14H15FO3/c1-14(2,3)18-13(16)17-12-7-4-9-8-10(15)5-6-11(9)12/h5-8H,4H2,1-3H3. The highest BCUT2D eigenvalue weighted by atomic mass is 19.1. The van der Waals surface area contributed by atoms with E-state index in [0.29, 0.717) is 12.2 Å². The molecule has 0 aliphatic heterocycles. The fraction of sp³-hybridized carbons (Fsp3) is 0.357. The molecule has 0 N–H and O–H groups in total. The molecule has 0 radical (unpaired) electrons. The molecule has 1 aliphatic rings. The van der Waals surface area contributed by atoms with Gasteiger partial charge in [-0.15, -0.1) is 0 Å². The second-order valence-electron chi connectivity index (χ2n) is 5.14. The minimum Gasteiger partial charge on any atom is -0.428 e. The van der Waals surface area contributed by atoms with Gasteiger partial charge in [0.1, 0.15) is 17.2 Å². The summed E-state index contributed by atoms with van der Waals surface area (Å²) in [5.74, 6) is 0.139. The van der Waals surface area contributed by atoms with E-state index >= 15 is 0 Å². The molecule has 0 aromatic heterocycles. The molecule has 0 unspecified atom stereocenters. The van der Waals surface area contributed by atoms with Crippen molar-refractivity contribution in [1.29, 1.82) is 0 Å². The second kappa shape index (κ2) is 4.44. The van der Waals surface area contributed by atoms with Gasteiger partial charge in [-0.05, 0) is 57.0 Å². The van der Waals surface area contributed by atoms with Crippen molar-refractivity contribution in [3.8, 4) is 0 Å². The average molecular weight is 250 g/mol. The summed E-state index contributed by atoms with van der Waals surface area (Å²) in [7, 11) is 0. The fourth-order valence-corrected chi connectivity index (χ4v) is 1.74. The van der Waals surface area contributed by atoms with Crippen molar-refractivity contribution >= 4 is 11.9 Å². The number of halogens is 1. The van der Waals surface area contributed by atoms with Gasteiger partial charge in [0.15, 0.2) is 0 Å². The molecule has 0 amide bonds. The first kappa shape index (κ1) is 12.6. The lowest BCUT2D eigenvalue weighted by Crippen LogP contribution is -2.24. The van der Waals surface area contributed by atoms with Crippen LogP contribution in [0.4, 0.5) is 9.18 Å². The number of carbonyl (C=O) groups is 1. The van der Waals surface area contributed by atoms with Crippen LogP contribution in [0.1, 0.15) is 31.9 Å². The van der Waals surface area contributed by atoms with Gasteiger partial charge in [0.25, 0.3) is 0 Å². The second-order valence-corrected chi connectivity index (χ2v) is 5.14. The zero-order chi connectivity index (χ0) is 13.3. The number of fused-ring (bicyclic) bond motifs is 1. The lowest BCUT2D eigenvalue weighted by Gasteiger charge is -2.19. The molecular weight excluding hydrogens is 235 g/mol. The van der Waals surface area contributed by atoms with Crippen LogP contribution in [0.25, 0.3) is 5.76 Å². The van der Waals surface area contributed by atoms with Crippen LogP contribution >= 0.6 is 0 Å². The van der Waals surface area contributed by atoms with E-state index in [1.54, 1.807) is 32.9 Å². The monoisotopic (exact) mass is 250 g/mol.